The molecule has 0 radical (unpaired) electrons. The Bertz CT molecular complexity index is 1310. The molecule has 6 heteroatoms. The van der Waals surface area contributed by atoms with Crippen LogP contribution in [0, 0.1) is 6.92 Å². The molecule has 0 bridgehead atoms. The highest BCUT2D eigenvalue weighted by Gasteiger charge is 2.09. The van der Waals surface area contributed by atoms with Crippen molar-refractivity contribution >= 4 is 34.0 Å². The Hall–Kier alpha value is -4.32. The van der Waals surface area contributed by atoms with Gasteiger partial charge in [0, 0.05) is 46.9 Å². The van der Waals surface area contributed by atoms with Gasteiger partial charge in [-0.15, -0.1) is 0 Å². The minimum atomic E-state index is -0.441. The van der Waals surface area contributed by atoms with Crippen LogP contribution in [0.4, 0.5) is 11.5 Å². The van der Waals surface area contributed by atoms with Crippen molar-refractivity contribution in [3.8, 4) is 11.1 Å². The molecule has 2 heterocycles. The number of hydrogen-bond donors (Lipinski definition) is 2. The molecule has 0 atom stereocenters. The third-order valence-electron chi connectivity index (χ3n) is 4.91. The summed E-state index contributed by atoms with van der Waals surface area (Å²) in [6.07, 6.45) is 7.61. The lowest BCUT2D eigenvalue weighted by atomic mass is 9.99. The number of aromatic nitrogens is 2. The predicted octanol–water partition coefficient (Wildman–Crippen LogP) is 4.57. The van der Waals surface area contributed by atoms with Gasteiger partial charge in [-0.25, -0.2) is 4.98 Å². The van der Waals surface area contributed by atoms with Crippen molar-refractivity contribution < 1.29 is 9.59 Å². The molecule has 2 aromatic heterocycles. The molecule has 0 aliphatic carbocycles. The molecule has 152 valence electrons. The molecule has 2 aromatic carbocycles. The van der Waals surface area contributed by atoms with Crippen LogP contribution in [0.2, 0.25) is 0 Å². The van der Waals surface area contributed by atoms with Crippen LogP contribution in [0.1, 0.15) is 15.9 Å². The van der Waals surface area contributed by atoms with Gasteiger partial charge in [-0.05, 0) is 53.8 Å². The maximum atomic E-state index is 12.3. The number of pyridine rings is 2. The number of nitrogens with one attached hydrogen (secondary N) is 1. The van der Waals surface area contributed by atoms with Gasteiger partial charge in [-0.3, -0.25) is 14.6 Å². The van der Waals surface area contributed by atoms with E-state index < -0.39 is 5.91 Å². The standard InChI is InChI=1S/C25H20N4O2/c1-16-9-10-27-14-20(16)18-11-19-13-24(28-15-21(19)22(26)12-18)29-25(31)8-7-23(30)17-5-3-2-4-6-17/h2-15H,26H2,1H3,(H,28,29,31)/b8-7-. The van der Waals surface area contributed by atoms with Crippen LogP contribution >= 0.6 is 0 Å². The van der Waals surface area contributed by atoms with Gasteiger partial charge in [0.05, 0.1) is 0 Å². The van der Waals surface area contributed by atoms with Crippen LogP contribution in [0.15, 0.2) is 85.3 Å². The number of nitrogen functional groups attached to an aromatic ring is 1. The number of benzene rings is 2. The van der Waals surface area contributed by atoms with Crippen LogP contribution in [-0.2, 0) is 4.79 Å². The summed E-state index contributed by atoms with van der Waals surface area (Å²) in [6.45, 7) is 2.01. The first kappa shape index (κ1) is 20.0. The van der Waals surface area contributed by atoms with Crippen molar-refractivity contribution in [3.05, 3.63) is 96.5 Å². The molecule has 0 saturated carbocycles. The highest BCUT2D eigenvalue weighted by atomic mass is 16.1. The van der Waals surface area contributed by atoms with Gasteiger partial charge in [0.25, 0.3) is 0 Å². The number of anilines is 2. The van der Waals surface area contributed by atoms with Crippen molar-refractivity contribution in [3.63, 3.8) is 0 Å². The number of rotatable bonds is 5. The van der Waals surface area contributed by atoms with Crippen molar-refractivity contribution in [2.75, 3.05) is 11.1 Å². The summed E-state index contributed by atoms with van der Waals surface area (Å²) in [5.74, 6) is -0.316. The number of nitrogens with zero attached hydrogens (tertiary/aromatic N) is 2. The lowest BCUT2D eigenvalue weighted by molar-refractivity contribution is -0.111. The summed E-state index contributed by atoms with van der Waals surface area (Å²) < 4.78 is 0. The zero-order valence-electron chi connectivity index (χ0n) is 16.9. The number of aryl methyl sites for hydroxylation is 1. The van der Waals surface area contributed by atoms with E-state index in [-0.39, 0.29) is 5.78 Å². The molecule has 4 rings (SSSR count). The first-order valence-corrected chi connectivity index (χ1v) is 9.70. The third kappa shape index (κ3) is 4.48. The number of carbonyl (C=O) groups is 2. The fraction of sp³-hybridized carbons (Fsp3) is 0.0400. The molecule has 0 saturated heterocycles. The van der Waals surface area contributed by atoms with E-state index in [1.54, 1.807) is 48.9 Å². The number of hydrogen-bond acceptors (Lipinski definition) is 5. The second-order valence-corrected chi connectivity index (χ2v) is 7.10. The molecule has 4 aromatic rings. The molecule has 0 unspecified atom stereocenters. The molecule has 6 nitrogen and oxygen atoms in total. The highest BCUT2D eigenvalue weighted by Crippen LogP contribution is 2.31. The zero-order chi connectivity index (χ0) is 21.8. The second kappa shape index (κ2) is 8.59. The van der Waals surface area contributed by atoms with Gasteiger partial charge in [0.1, 0.15) is 5.82 Å². The van der Waals surface area contributed by atoms with E-state index in [1.807, 2.05) is 31.2 Å². The van der Waals surface area contributed by atoms with Crippen LogP contribution in [0.5, 0.6) is 0 Å². The molecule has 31 heavy (non-hydrogen) atoms. The van der Waals surface area contributed by atoms with Gasteiger partial charge < -0.3 is 11.1 Å². The van der Waals surface area contributed by atoms with Gasteiger partial charge in [-0.1, -0.05) is 30.3 Å². The Morgan fingerprint density at radius 2 is 1.81 bits per heavy atom. The average molecular weight is 408 g/mol. The maximum absolute atomic E-state index is 12.3. The van der Waals surface area contributed by atoms with Crippen molar-refractivity contribution in [1.29, 1.82) is 0 Å². The minimum absolute atomic E-state index is 0.244. The monoisotopic (exact) mass is 408 g/mol. The van der Waals surface area contributed by atoms with Gasteiger partial charge >= 0.3 is 0 Å². The average Bonchev–Trinajstić information content (AvgIpc) is 2.78. The Morgan fingerprint density at radius 1 is 1.00 bits per heavy atom. The van der Waals surface area contributed by atoms with Crippen LogP contribution in [0.3, 0.4) is 0 Å². The largest absolute Gasteiger partial charge is 0.398 e. The number of allylic oxidation sites excluding steroid dienone is 1. The fourth-order valence-electron chi connectivity index (χ4n) is 3.29. The molecule has 0 fully saturated rings. The van der Waals surface area contributed by atoms with E-state index >= 15 is 0 Å². The molecular weight excluding hydrogens is 388 g/mol. The molecule has 0 aliphatic heterocycles. The van der Waals surface area contributed by atoms with Gasteiger partial charge in [-0.2, -0.15) is 0 Å². The van der Waals surface area contributed by atoms with Crippen molar-refractivity contribution in [2.24, 2.45) is 0 Å². The Kier molecular flexibility index (Phi) is 5.53. The summed E-state index contributed by atoms with van der Waals surface area (Å²) in [5, 5.41) is 4.32. The van der Waals surface area contributed by atoms with E-state index in [9.17, 15) is 9.59 Å². The lowest BCUT2D eigenvalue weighted by Crippen LogP contribution is -2.10. The van der Waals surface area contributed by atoms with E-state index in [4.69, 9.17) is 5.73 Å². The number of carbonyl (C=O) groups excluding carboxylic acids is 2. The summed E-state index contributed by atoms with van der Waals surface area (Å²) in [6, 6.07) is 16.3. The minimum Gasteiger partial charge on any atom is -0.398 e. The fourth-order valence-corrected chi connectivity index (χ4v) is 3.29. The number of ketones is 1. The Morgan fingerprint density at radius 3 is 2.58 bits per heavy atom. The molecular formula is C25H20N4O2. The summed E-state index contributed by atoms with van der Waals surface area (Å²) in [4.78, 5) is 32.8. The smallest absolute Gasteiger partial charge is 0.249 e. The molecule has 0 aliphatic rings. The summed E-state index contributed by atoms with van der Waals surface area (Å²) in [7, 11) is 0. The van der Waals surface area contributed by atoms with Crippen LogP contribution < -0.4 is 11.1 Å². The first-order chi connectivity index (χ1) is 15.0. The molecule has 3 N–H and O–H groups in total. The van der Waals surface area contributed by atoms with Gasteiger partial charge in [0.15, 0.2) is 5.78 Å². The van der Waals surface area contributed by atoms with E-state index in [0.29, 0.717) is 17.1 Å². The Labute approximate surface area is 179 Å². The number of fused-ring (bicyclic) bond motifs is 1. The first-order valence-electron chi connectivity index (χ1n) is 9.70. The second-order valence-electron chi connectivity index (χ2n) is 7.10. The highest BCUT2D eigenvalue weighted by molar-refractivity contribution is 6.10. The quantitative estimate of drug-likeness (QED) is 0.286. The third-order valence-corrected chi connectivity index (χ3v) is 4.91. The van der Waals surface area contributed by atoms with E-state index in [1.165, 1.54) is 12.2 Å². The van der Waals surface area contributed by atoms with Crippen molar-refractivity contribution in [2.45, 2.75) is 6.92 Å². The van der Waals surface area contributed by atoms with E-state index in [0.717, 1.165) is 27.5 Å². The molecule has 1 amide bonds. The topological polar surface area (TPSA) is 98.0 Å². The number of nitrogens with two attached hydrogens (primary N) is 1. The van der Waals surface area contributed by atoms with Crippen molar-refractivity contribution in [1.82, 2.24) is 9.97 Å². The predicted molar refractivity (Wildman–Crippen MR) is 123 cm³/mol. The van der Waals surface area contributed by atoms with Crippen LogP contribution in [0.25, 0.3) is 21.9 Å². The maximum Gasteiger partial charge on any atom is 0.249 e. The normalized spacial score (nSPS) is 11.0. The molecule has 0 spiro atoms. The summed E-state index contributed by atoms with van der Waals surface area (Å²) in [5.41, 5.74) is 10.4. The lowest BCUT2D eigenvalue weighted by Gasteiger charge is -2.10. The Balaban J connectivity index is 1.57. The summed E-state index contributed by atoms with van der Waals surface area (Å²) >= 11 is 0. The zero-order valence-corrected chi connectivity index (χ0v) is 16.9. The number of amides is 1. The SMILES string of the molecule is Cc1ccncc1-c1cc(N)c2cnc(NC(=O)/C=C\C(=O)c3ccccc3)cc2c1. The van der Waals surface area contributed by atoms with E-state index in [2.05, 4.69) is 15.3 Å². The van der Waals surface area contributed by atoms with Crippen LogP contribution in [-0.4, -0.2) is 21.7 Å². The van der Waals surface area contributed by atoms with Gasteiger partial charge in [0.2, 0.25) is 5.91 Å².